The Morgan fingerprint density at radius 2 is 1.57 bits per heavy atom. The zero-order valence-electron chi connectivity index (χ0n) is 13.3. The zero-order valence-corrected chi connectivity index (χ0v) is 13.3. The van der Waals surface area contributed by atoms with E-state index in [2.05, 4.69) is 55.2 Å². The minimum absolute atomic E-state index is 0.137. The van der Waals surface area contributed by atoms with Gasteiger partial charge in [0.25, 0.3) is 0 Å². The van der Waals surface area contributed by atoms with Crippen molar-refractivity contribution in [3.8, 4) is 0 Å². The standard InChI is InChI=1S/C17H23N5O/c1-2-6-15(7-3-1)20-10-12-22(13-11-20)17(16-19-18-14-23-16)21-8-4-5-9-21/h1-3,6-7,14,17H,4-5,8-13H2. The van der Waals surface area contributed by atoms with Gasteiger partial charge in [0.1, 0.15) is 6.17 Å². The lowest BCUT2D eigenvalue weighted by Gasteiger charge is -2.41. The Labute approximate surface area is 136 Å². The fourth-order valence-electron chi connectivity index (χ4n) is 3.69. The van der Waals surface area contributed by atoms with E-state index < -0.39 is 0 Å². The number of anilines is 1. The van der Waals surface area contributed by atoms with Crippen LogP contribution in [0.25, 0.3) is 0 Å². The molecular formula is C17H23N5O. The normalized spacial score (nSPS) is 21.7. The van der Waals surface area contributed by atoms with Gasteiger partial charge in [-0.2, -0.15) is 0 Å². The number of benzene rings is 1. The molecule has 1 aromatic carbocycles. The van der Waals surface area contributed by atoms with Crippen LogP contribution in [0.15, 0.2) is 41.1 Å². The number of likely N-dealkylation sites (tertiary alicyclic amines) is 1. The summed E-state index contributed by atoms with van der Waals surface area (Å²) >= 11 is 0. The fourth-order valence-corrected chi connectivity index (χ4v) is 3.69. The van der Waals surface area contributed by atoms with Gasteiger partial charge in [-0.3, -0.25) is 9.80 Å². The van der Waals surface area contributed by atoms with Gasteiger partial charge in [-0.1, -0.05) is 18.2 Å². The van der Waals surface area contributed by atoms with E-state index in [1.165, 1.54) is 24.9 Å². The quantitative estimate of drug-likeness (QED) is 0.860. The smallest absolute Gasteiger partial charge is 0.248 e. The van der Waals surface area contributed by atoms with E-state index >= 15 is 0 Å². The molecule has 0 amide bonds. The molecule has 1 atom stereocenters. The highest BCUT2D eigenvalue weighted by atomic mass is 16.4. The highest BCUT2D eigenvalue weighted by Crippen LogP contribution is 2.29. The summed E-state index contributed by atoms with van der Waals surface area (Å²) in [6.07, 6.45) is 4.10. The summed E-state index contributed by atoms with van der Waals surface area (Å²) in [5.41, 5.74) is 1.31. The molecule has 6 nitrogen and oxygen atoms in total. The lowest BCUT2D eigenvalue weighted by atomic mass is 10.2. The van der Waals surface area contributed by atoms with Crippen LogP contribution in [0.2, 0.25) is 0 Å². The second kappa shape index (κ2) is 6.68. The van der Waals surface area contributed by atoms with E-state index in [4.69, 9.17) is 4.42 Å². The van der Waals surface area contributed by atoms with Crippen LogP contribution in [0, 0.1) is 0 Å². The van der Waals surface area contributed by atoms with Gasteiger partial charge >= 0.3 is 0 Å². The predicted octanol–water partition coefficient (Wildman–Crippen LogP) is 1.99. The Bertz CT molecular complexity index is 589. The van der Waals surface area contributed by atoms with Gasteiger partial charge in [0.05, 0.1) is 0 Å². The van der Waals surface area contributed by atoms with Crippen LogP contribution < -0.4 is 4.90 Å². The van der Waals surface area contributed by atoms with Crippen molar-refractivity contribution in [2.24, 2.45) is 0 Å². The minimum atomic E-state index is 0.137. The third-order valence-electron chi connectivity index (χ3n) is 4.87. The molecule has 0 spiro atoms. The first-order valence-electron chi connectivity index (χ1n) is 8.46. The average molecular weight is 313 g/mol. The number of nitrogens with zero attached hydrogens (tertiary/aromatic N) is 5. The summed E-state index contributed by atoms with van der Waals surface area (Å²) in [5, 5.41) is 8.09. The Balaban J connectivity index is 1.46. The molecule has 4 rings (SSSR count). The van der Waals surface area contributed by atoms with Crippen molar-refractivity contribution in [1.82, 2.24) is 20.0 Å². The molecule has 0 aliphatic carbocycles. The molecular weight excluding hydrogens is 290 g/mol. The largest absolute Gasteiger partial charge is 0.425 e. The average Bonchev–Trinajstić information content (AvgIpc) is 3.31. The molecule has 122 valence electrons. The topological polar surface area (TPSA) is 48.6 Å². The minimum Gasteiger partial charge on any atom is -0.425 e. The van der Waals surface area contributed by atoms with Crippen molar-refractivity contribution in [2.75, 3.05) is 44.2 Å². The first kappa shape index (κ1) is 14.7. The number of hydrogen-bond acceptors (Lipinski definition) is 6. The van der Waals surface area contributed by atoms with Crippen LogP contribution in [-0.4, -0.2) is 59.3 Å². The molecule has 6 heteroatoms. The molecule has 0 radical (unpaired) electrons. The SMILES string of the molecule is c1ccc(N2CCN(C(c3nnco3)N3CCCC3)CC2)cc1. The number of rotatable bonds is 4. The number of hydrogen-bond donors (Lipinski definition) is 0. The second-order valence-corrected chi connectivity index (χ2v) is 6.25. The van der Waals surface area contributed by atoms with Crippen LogP contribution in [0.3, 0.4) is 0 Å². The number of aromatic nitrogens is 2. The van der Waals surface area contributed by atoms with Crippen LogP contribution >= 0.6 is 0 Å². The van der Waals surface area contributed by atoms with Gasteiger partial charge in [-0.25, -0.2) is 0 Å². The first-order chi connectivity index (χ1) is 11.4. The lowest BCUT2D eigenvalue weighted by molar-refractivity contribution is 0.0334. The molecule has 0 bridgehead atoms. The van der Waals surface area contributed by atoms with Crippen molar-refractivity contribution < 1.29 is 4.42 Å². The summed E-state index contributed by atoms with van der Waals surface area (Å²) < 4.78 is 5.55. The molecule has 2 aliphatic rings. The zero-order chi connectivity index (χ0) is 15.5. The Morgan fingerprint density at radius 3 is 2.22 bits per heavy atom. The number of para-hydroxylation sites is 1. The third-order valence-corrected chi connectivity index (χ3v) is 4.87. The molecule has 3 heterocycles. The van der Waals surface area contributed by atoms with Crippen LogP contribution in [-0.2, 0) is 0 Å². The first-order valence-corrected chi connectivity index (χ1v) is 8.46. The Hall–Kier alpha value is -1.92. The summed E-state index contributed by atoms with van der Waals surface area (Å²) in [7, 11) is 0. The van der Waals surface area contributed by atoms with E-state index in [0.29, 0.717) is 0 Å². The molecule has 2 fully saturated rings. The maximum atomic E-state index is 5.55. The maximum Gasteiger partial charge on any atom is 0.248 e. The van der Waals surface area contributed by atoms with E-state index in [9.17, 15) is 0 Å². The number of piperazine rings is 1. The van der Waals surface area contributed by atoms with Gasteiger partial charge in [-0.15, -0.1) is 10.2 Å². The van der Waals surface area contributed by atoms with Crippen molar-refractivity contribution in [2.45, 2.75) is 19.0 Å². The van der Waals surface area contributed by atoms with Gasteiger partial charge in [0.15, 0.2) is 0 Å². The lowest BCUT2D eigenvalue weighted by Crippen LogP contribution is -2.51. The van der Waals surface area contributed by atoms with E-state index in [0.717, 1.165) is 45.2 Å². The van der Waals surface area contributed by atoms with Crippen LogP contribution in [0.1, 0.15) is 24.9 Å². The molecule has 2 saturated heterocycles. The maximum absolute atomic E-state index is 5.55. The van der Waals surface area contributed by atoms with Crippen LogP contribution in [0.5, 0.6) is 0 Å². The summed E-state index contributed by atoms with van der Waals surface area (Å²) in [6.45, 7) is 6.32. The van der Waals surface area contributed by atoms with Crippen molar-refractivity contribution >= 4 is 5.69 Å². The van der Waals surface area contributed by atoms with Gasteiger partial charge in [0, 0.05) is 45.0 Å². The summed E-state index contributed by atoms with van der Waals surface area (Å²) in [6, 6.07) is 10.6. The Morgan fingerprint density at radius 1 is 0.870 bits per heavy atom. The summed E-state index contributed by atoms with van der Waals surface area (Å²) in [4.78, 5) is 7.41. The summed E-state index contributed by atoms with van der Waals surface area (Å²) in [5.74, 6) is 0.736. The van der Waals surface area contributed by atoms with Crippen LogP contribution in [0.4, 0.5) is 5.69 Å². The van der Waals surface area contributed by atoms with E-state index in [1.807, 2.05) is 0 Å². The molecule has 1 unspecified atom stereocenters. The molecule has 0 saturated carbocycles. The second-order valence-electron chi connectivity index (χ2n) is 6.25. The fraction of sp³-hybridized carbons (Fsp3) is 0.529. The van der Waals surface area contributed by atoms with Crippen molar-refractivity contribution in [3.63, 3.8) is 0 Å². The molecule has 1 aromatic heterocycles. The molecule has 0 N–H and O–H groups in total. The van der Waals surface area contributed by atoms with E-state index in [-0.39, 0.29) is 6.17 Å². The monoisotopic (exact) mass is 313 g/mol. The highest BCUT2D eigenvalue weighted by molar-refractivity contribution is 5.46. The van der Waals surface area contributed by atoms with Gasteiger partial charge in [0.2, 0.25) is 12.3 Å². The molecule has 23 heavy (non-hydrogen) atoms. The van der Waals surface area contributed by atoms with Gasteiger partial charge < -0.3 is 9.32 Å². The molecule has 2 aliphatic heterocycles. The third kappa shape index (κ3) is 3.09. The van der Waals surface area contributed by atoms with Crippen molar-refractivity contribution in [3.05, 3.63) is 42.6 Å². The Kier molecular flexibility index (Phi) is 4.26. The molecule has 2 aromatic rings. The van der Waals surface area contributed by atoms with Gasteiger partial charge in [-0.05, 0) is 25.0 Å². The van der Waals surface area contributed by atoms with Crippen molar-refractivity contribution in [1.29, 1.82) is 0 Å². The predicted molar refractivity (Wildman–Crippen MR) is 88.1 cm³/mol. The van der Waals surface area contributed by atoms with E-state index in [1.54, 1.807) is 0 Å². The highest BCUT2D eigenvalue weighted by Gasteiger charge is 2.34.